The SMILES string of the molecule is COc1c(C)cc(-c2cc(C=O)ncn2)c(C)c1C. The minimum absolute atomic E-state index is 0.385. The van der Waals surface area contributed by atoms with Gasteiger partial charge in [0.05, 0.1) is 12.8 Å². The number of ether oxygens (including phenoxy) is 1. The van der Waals surface area contributed by atoms with E-state index in [4.69, 9.17) is 4.74 Å². The fourth-order valence-electron chi connectivity index (χ4n) is 2.22. The molecule has 0 amide bonds. The van der Waals surface area contributed by atoms with Crippen molar-refractivity contribution >= 4 is 6.29 Å². The molecule has 1 aromatic carbocycles. The fourth-order valence-corrected chi connectivity index (χ4v) is 2.22. The van der Waals surface area contributed by atoms with Gasteiger partial charge in [-0.3, -0.25) is 4.79 Å². The van der Waals surface area contributed by atoms with Crippen LogP contribution in [0, 0.1) is 20.8 Å². The van der Waals surface area contributed by atoms with Crippen molar-refractivity contribution in [1.82, 2.24) is 9.97 Å². The number of aryl methyl sites for hydroxylation is 1. The summed E-state index contributed by atoms with van der Waals surface area (Å²) in [6.45, 7) is 6.04. The van der Waals surface area contributed by atoms with Crippen LogP contribution in [0.5, 0.6) is 5.75 Å². The van der Waals surface area contributed by atoms with Crippen LogP contribution in [-0.4, -0.2) is 23.4 Å². The summed E-state index contributed by atoms with van der Waals surface area (Å²) in [5.74, 6) is 0.894. The highest BCUT2D eigenvalue weighted by Crippen LogP contribution is 2.33. The second-order valence-electron chi connectivity index (χ2n) is 4.47. The van der Waals surface area contributed by atoms with Gasteiger partial charge in [-0.2, -0.15) is 0 Å². The maximum Gasteiger partial charge on any atom is 0.168 e. The molecule has 4 heteroatoms. The van der Waals surface area contributed by atoms with Crippen molar-refractivity contribution in [2.24, 2.45) is 0 Å². The van der Waals surface area contributed by atoms with Crippen LogP contribution in [-0.2, 0) is 0 Å². The Kier molecular flexibility index (Phi) is 3.60. The number of hydrogen-bond donors (Lipinski definition) is 0. The third kappa shape index (κ3) is 2.34. The van der Waals surface area contributed by atoms with E-state index in [0.29, 0.717) is 5.69 Å². The number of hydrogen-bond acceptors (Lipinski definition) is 4. The molecule has 0 saturated heterocycles. The summed E-state index contributed by atoms with van der Waals surface area (Å²) in [4.78, 5) is 18.9. The molecule has 0 fully saturated rings. The molecule has 1 heterocycles. The number of aromatic nitrogens is 2. The first-order valence-corrected chi connectivity index (χ1v) is 6.01. The normalized spacial score (nSPS) is 10.3. The molecule has 0 N–H and O–H groups in total. The lowest BCUT2D eigenvalue weighted by Gasteiger charge is -2.15. The number of nitrogens with zero attached hydrogens (tertiary/aromatic N) is 2. The van der Waals surface area contributed by atoms with Gasteiger partial charge in [-0.15, -0.1) is 0 Å². The van der Waals surface area contributed by atoms with Gasteiger partial charge < -0.3 is 4.74 Å². The Balaban J connectivity index is 2.65. The van der Waals surface area contributed by atoms with Crippen molar-refractivity contribution in [3.8, 4) is 17.0 Å². The zero-order valence-corrected chi connectivity index (χ0v) is 11.5. The zero-order chi connectivity index (χ0) is 14.0. The Morgan fingerprint density at radius 1 is 1.11 bits per heavy atom. The van der Waals surface area contributed by atoms with Crippen molar-refractivity contribution in [3.05, 3.63) is 40.8 Å². The van der Waals surface area contributed by atoms with E-state index in [1.165, 1.54) is 6.33 Å². The standard InChI is InChI=1S/C15H16N2O2/c1-9-5-13(10(2)11(3)15(9)19-4)14-6-12(7-18)16-8-17-14/h5-8H,1-4H3. The van der Waals surface area contributed by atoms with Gasteiger partial charge in [0.15, 0.2) is 6.29 Å². The molecule has 0 spiro atoms. The Hall–Kier alpha value is -2.23. The molecule has 19 heavy (non-hydrogen) atoms. The lowest BCUT2D eigenvalue weighted by molar-refractivity contribution is 0.111. The number of benzene rings is 1. The molecule has 0 aliphatic rings. The zero-order valence-electron chi connectivity index (χ0n) is 11.5. The first-order valence-electron chi connectivity index (χ1n) is 6.01. The van der Waals surface area contributed by atoms with E-state index in [9.17, 15) is 4.79 Å². The number of carbonyl (C=O) groups excluding carboxylic acids is 1. The molecular formula is C15H16N2O2. The first-order chi connectivity index (χ1) is 9.08. The van der Waals surface area contributed by atoms with Crippen LogP contribution in [0.2, 0.25) is 0 Å². The van der Waals surface area contributed by atoms with Gasteiger partial charge in [-0.05, 0) is 49.6 Å². The largest absolute Gasteiger partial charge is 0.496 e. The summed E-state index contributed by atoms with van der Waals surface area (Å²) >= 11 is 0. The number of aldehydes is 1. The van der Waals surface area contributed by atoms with Crippen molar-refractivity contribution in [2.45, 2.75) is 20.8 Å². The molecule has 2 rings (SSSR count). The molecule has 4 nitrogen and oxygen atoms in total. The maximum atomic E-state index is 10.8. The van der Waals surface area contributed by atoms with Crippen LogP contribution in [0.4, 0.5) is 0 Å². The highest BCUT2D eigenvalue weighted by molar-refractivity contribution is 5.76. The van der Waals surface area contributed by atoms with Gasteiger partial charge in [0.1, 0.15) is 17.8 Å². The van der Waals surface area contributed by atoms with E-state index in [-0.39, 0.29) is 0 Å². The van der Waals surface area contributed by atoms with Gasteiger partial charge in [-0.25, -0.2) is 9.97 Å². The minimum atomic E-state index is 0.385. The molecule has 0 aliphatic heterocycles. The summed E-state index contributed by atoms with van der Waals surface area (Å²) in [6, 6.07) is 3.72. The predicted octanol–water partition coefficient (Wildman–Crippen LogP) is 2.89. The predicted molar refractivity (Wildman–Crippen MR) is 73.6 cm³/mol. The number of methoxy groups -OCH3 is 1. The lowest BCUT2D eigenvalue weighted by Crippen LogP contribution is -1.98. The van der Waals surface area contributed by atoms with Gasteiger partial charge in [0, 0.05) is 5.56 Å². The van der Waals surface area contributed by atoms with E-state index in [2.05, 4.69) is 9.97 Å². The van der Waals surface area contributed by atoms with Gasteiger partial charge in [0.25, 0.3) is 0 Å². The van der Waals surface area contributed by atoms with Crippen molar-refractivity contribution in [1.29, 1.82) is 0 Å². The fraction of sp³-hybridized carbons (Fsp3) is 0.267. The summed E-state index contributed by atoms with van der Waals surface area (Å²) in [5.41, 5.74) is 5.37. The average Bonchev–Trinajstić information content (AvgIpc) is 2.43. The van der Waals surface area contributed by atoms with Crippen LogP contribution in [0.1, 0.15) is 27.2 Å². The van der Waals surface area contributed by atoms with Crippen LogP contribution in [0.15, 0.2) is 18.5 Å². The molecular weight excluding hydrogens is 240 g/mol. The second-order valence-corrected chi connectivity index (χ2v) is 4.47. The van der Waals surface area contributed by atoms with E-state index < -0.39 is 0 Å². The van der Waals surface area contributed by atoms with Crippen LogP contribution >= 0.6 is 0 Å². The van der Waals surface area contributed by atoms with Gasteiger partial charge >= 0.3 is 0 Å². The molecule has 98 valence electrons. The topological polar surface area (TPSA) is 52.1 Å². The Morgan fingerprint density at radius 2 is 1.84 bits per heavy atom. The molecule has 0 bridgehead atoms. The second kappa shape index (κ2) is 5.18. The summed E-state index contributed by atoms with van der Waals surface area (Å²) < 4.78 is 5.40. The number of rotatable bonds is 3. The molecule has 1 aromatic heterocycles. The highest BCUT2D eigenvalue weighted by Gasteiger charge is 2.13. The average molecular weight is 256 g/mol. The van der Waals surface area contributed by atoms with Crippen molar-refractivity contribution < 1.29 is 9.53 Å². The Labute approximate surface area is 112 Å². The highest BCUT2D eigenvalue weighted by atomic mass is 16.5. The smallest absolute Gasteiger partial charge is 0.168 e. The monoisotopic (exact) mass is 256 g/mol. The van der Waals surface area contributed by atoms with Crippen molar-refractivity contribution in [3.63, 3.8) is 0 Å². The van der Waals surface area contributed by atoms with Crippen molar-refractivity contribution in [2.75, 3.05) is 7.11 Å². The van der Waals surface area contributed by atoms with Gasteiger partial charge in [0.2, 0.25) is 0 Å². The van der Waals surface area contributed by atoms with E-state index in [0.717, 1.165) is 40.0 Å². The van der Waals surface area contributed by atoms with Crippen LogP contribution in [0.25, 0.3) is 11.3 Å². The first kappa shape index (κ1) is 13.2. The summed E-state index contributed by atoms with van der Waals surface area (Å²) in [7, 11) is 1.67. The molecule has 2 aromatic rings. The quantitative estimate of drug-likeness (QED) is 0.792. The van der Waals surface area contributed by atoms with Gasteiger partial charge in [-0.1, -0.05) is 0 Å². The van der Waals surface area contributed by atoms with E-state index in [1.54, 1.807) is 13.2 Å². The summed E-state index contributed by atoms with van der Waals surface area (Å²) in [6.07, 6.45) is 2.14. The minimum Gasteiger partial charge on any atom is -0.496 e. The maximum absolute atomic E-state index is 10.8. The van der Waals surface area contributed by atoms with E-state index >= 15 is 0 Å². The Bertz CT molecular complexity index is 636. The lowest BCUT2D eigenvalue weighted by atomic mass is 9.96. The Morgan fingerprint density at radius 3 is 2.47 bits per heavy atom. The van der Waals surface area contributed by atoms with E-state index in [1.807, 2.05) is 26.8 Å². The molecule has 0 saturated carbocycles. The molecule has 0 atom stereocenters. The summed E-state index contributed by atoms with van der Waals surface area (Å²) in [5, 5.41) is 0. The molecule has 0 radical (unpaired) electrons. The van der Waals surface area contributed by atoms with Crippen LogP contribution < -0.4 is 4.74 Å². The third-order valence-electron chi connectivity index (χ3n) is 3.32. The van der Waals surface area contributed by atoms with Crippen LogP contribution in [0.3, 0.4) is 0 Å². The number of carbonyl (C=O) groups is 1. The molecule has 0 unspecified atom stereocenters. The third-order valence-corrected chi connectivity index (χ3v) is 3.32. The molecule has 0 aliphatic carbocycles.